The first kappa shape index (κ1) is 16.5. The Morgan fingerprint density at radius 1 is 1.20 bits per heavy atom. The molecule has 1 aromatic carbocycles. The van der Waals surface area contributed by atoms with Crippen molar-refractivity contribution in [3.63, 3.8) is 0 Å². The molecular weight excluding hydrogens is 276 g/mol. The lowest BCUT2D eigenvalue weighted by atomic mass is 10.2. The molecule has 2 N–H and O–H groups in total. The van der Waals surface area contributed by atoms with Crippen LogP contribution in [0.3, 0.4) is 0 Å². The average molecular weight is 298 g/mol. The second-order valence-electron chi connectivity index (χ2n) is 4.60. The van der Waals surface area contributed by atoms with Crippen LogP contribution in [0.5, 0.6) is 0 Å². The maximum absolute atomic E-state index is 11.9. The van der Waals surface area contributed by atoms with Crippen LogP contribution in [0.2, 0.25) is 0 Å². The van der Waals surface area contributed by atoms with Gasteiger partial charge in [0.1, 0.15) is 6.04 Å². The normalized spacial score (nSPS) is 12.8. The molecule has 112 valence electrons. The van der Waals surface area contributed by atoms with Gasteiger partial charge in [-0.05, 0) is 44.5 Å². The summed E-state index contributed by atoms with van der Waals surface area (Å²) in [4.78, 5) is 11.9. The Morgan fingerprint density at radius 3 is 2.30 bits per heavy atom. The van der Waals surface area contributed by atoms with E-state index in [1.54, 1.807) is 31.2 Å². The highest BCUT2D eigenvalue weighted by atomic mass is 32.2. The lowest BCUT2D eigenvalue weighted by Gasteiger charge is -2.14. The molecule has 0 fully saturated rings. The molecule has 0 spiro atoms. The smallest absolute Gasteiger partial charge is 0.242 e. The third-order valence-electron chi connectivity index (χ3n) is 2.81. The number of nitrogens with one attached hydrogen (secondary N) is 2. The quantitative estimate of drug-likeness (QED) is 0.805. The van der Waals surface area contributed by atoms with Crippen molar-refractivity contribution in [2.24, 2.45) is 0 Å². The maximum Gasteiger partial charge on any atom is 0.242 e. The number of sulfone groups is 1. The van der Waals surface area contributed by atoms with E-state index in [4.69, 9.17) is 0 Å². The lowest BCUT2D eigenvalue weighted by molar-refractivity contribution is -0.121. The van der Waals surface area contributed by atoms with Crippen molar-refractivity contribution in [2.45, 2.75) is 38.1 Å². The van der Waals surface area contributed by atoms with Gasteiger partial charge in [0.05, 0.1) is 10.6 Å². The van der Waals surface area contributed by atoms with Crippen molar-refractivity contribution in [3.05, 3.63) is 24.3 Å². The SMILES string of the molecule is CCCS(=O)(=O)c1ccc(NC(C)C(=O)NCC)cc1. The monoisotopic (exact) mass is 298 g/mol. The molecule has 1 aromatic rings. The zero-order chi connectivity index (χ0) is 15.2. The lowest BCUT2D eigenvalue weighted by Crippen LogP contribution is -2.37. The van der Waals surface area contributed by atoms with Gasteiger partial charge in [0.25, 0.3) is 0 Å². The van der Waals surface area contributed by atoms with Crippen molar-refractivity contribution in [1.82, 2.24) is 5.32 Å². The van der Waals surface area contributed by atoms with E-state index < -0.39 is 9.84 Å². The second kappa shape index (κ2) is 7.28. The van der Waals surface area contributed by atoms with Gasteiger partial charge in [0.15, 0.2) is 9.84 Å². The zero-order valence-corrected chi connectivity index (χ0v) is 13.0. The van der Waals surface area contributed by atoms with Crippen molar-refractivity contribution in [3.8, 4) is 0 Å². The second-order valence-corrected chi connectivity index (χ2v) is 6.71. The molecule has 0 aromatic heterocycles. The van der Waals surface area contributed by atoms with Crippen LogP contribution >= 0.6 is 0 Å². The largest absolute Gasteiger partial charge is 0.374 e. The minimum absolute atomic E-state index is 0.0878. The van der Waals surface area contributed by atoms with E-state index in [2.05, 4.69) is 10.6 Å². The highest BCUT2D eigenvalue weighted by Crippen LogP contribution is 2.16. The van der Waals surface area contributed by atoms with Crippen LogP contribution in [0.1, 0.15) is 27.2 Å². The predicted octanol–water partition coefficient (Wildman–Crippen LogP) is 1.81. The van der Waals surface area contributed by atoms with Gasteiger partial charge in [-0.3, -0.25) is 4.79 Å². The first-order valence-electron chi connectivity index (χ1n) is 6.77. The average Bonchev–Trinajstić information content (AvgIpc) is 2.39. The summed E-state index contributed by atoms with van der Waals surface area (Å²) >= 11 is 0. The number of anilines is 1. The van der Waals surface area contributed by atoms with Gasteiger partial charge in [-0.1, -0.05) is 6.92 Å². The topological polar surface area (TPSA) is 75.3 Å². The van der Waals surface area contributed by atoms with E-state index in [1.165, 1.54) is 0 Å². The molecule has 0 saturated carbocycles. The van der Waals surface area contributed by atoms with Crippen molar-refractivity contribution in [2.75, 3.05) is 17.6 Å². The fraction of sp³-hybridized carbons (Fsp3) is 0.500. The molecule has 6 heteroatoms. The first-order valence-corrected chi connectivity index (χ1v) is 8.43. The van der Waals surface area contributed by atoms with E-state index in [9.17, 15) is 13.2 Å². The van der Waals surface area contributed by atoms with E-state index in [0.717, 1.165) is 5.69 Å². The van der Waals surface area contributed by atoms with Crippen molar-refractivity contribution < 1.29 is 13.2 Å². The molecule has 0 aliphatic heterocycles. The fourth-order valence-corrected chi connectivity index (χ4v) is 3.11. The Morgan fingerprint density at radius 2 is 1.80 bits per heavy atom. The number of hydrogen-bond donors (Lipinski definition) is 2. The van der Waals surface area contributed by atoms with E-state index in [-0.39, 0.29) is 17.7 Å². The number of rotatable bonds is 7. The standard InChI is InChI=1S/C14H22N2O3S/c1-4-10-20(18,19)13-8-6-12(7-9-13)16-11(3)14(17)15-5-2/h6-9,11,16H,4-5,10H2,1-3H3,(H,15,17). The summed E-state index contributed by atoms with van der Waals surface area (Å²) in [6, 6.07) is 6.12. The third-order valence-corrected chi connectivity index (χ3v) is 4.75. The van der Waals surface area contributed by atoms with Gasteiger partial charge in [-0.25, -0.2) is 8.42 Å². The minimum Gasteiger partial charge on any atom is -0.374 e. The van der Waals surface area contributed by atoms with Crippen LogP contribution in [0.25, 0.3) is 0 Å². The van der Waals surface area contributed by atoms with Gasteiger partial charge in [0.2, 0.25) is 5.91 Å². The molecular formula is C14H22N2O3S. The Balaban J connectivity index is 2.75. The maximum atomic E-state index is 11.9. The summed E-state index contributed by atoms with van der Waals surface area (Å²) in [5, 5.41) is 5.75. The van der Waals surface area contributed by atoms with Crippen LogP contribution in [-0.2, 0) is 14.6 Å². The van der Waals surface area contributed by atoms with Gasteiger partial charge >= 0.3 is 0 Å². The van der Waals surface area contributed by atoms with Crippen molar-refractivity contribution >= 4 is 21.4 Å². The number of carbonyl (C=O) groups is 1. The molecule has 0 radical (unpaired) electrons. The minimum atomic E-state index is -3.19. The van der Waals surface area contributed by atoms with Gasteiger partial charge < -0.3 is 10.6 Å². The van der Waals surface area contributed by atoms with E-state index >= 15 is 0 Å². The molecule has 1 unspecified atom stereocenters. The molecule has 0 aliphatic carbocycles. The van der Waals surface area contributed by atoms with Gasteiger partial charge in [0, 0.05) is 12.2 Å². The molecule has 0 heterocycles. The Labute approximate surface area is 120 Å². The van der Waals surface area contributed by atoms with Gasteiger partial charge in [-0.2, -0.15) is 0 Å². The van der Waals surface area contributed by atoms with Crippen LogP contribution in [0, 0.1) is 0 Å². The number of amides is 1. The molecule has 0 aliphatic rings. The summed E-state index contributed by atoms with van der Waals surface area (Å²) in [6.07, 6.45) is 0.594. The Hall–Kier alpha value is -1.56. The molecule has 0 bridgehead atoms. The summed E-state index contributed by atoms with van der Waals surface area (Å²) < 4.78 is 23.7. The Bertz CT molecular complexity index is 538. The molecule has 20 heavy (non-hydrogen) atoms. The molecule has 1 atom stereocenters. The van der Waals surface area contributed by atoms with Crippen molar-refractivity contribution in [1.29, 1.82) is 0 Å². The van der Waals surface area contributed by atoms with Crippen LogP contribution in [0.15, 0.2) is 29.2 Å². The molecule has 1 rings (SSSR count). The van der Waals surface area contributed by atoms with Crippen LogP contribution in [0.4, 0.5) is 5.69 Å². The highest BCUT2D eigenvalue weighted by Gasteiger charge is 2.14. The number of hydrogen-bond acceptors (Lipinski definition) is 4. The summed E-state index contributed by atoms with van der Waals surface area (Å²) in [5.74, 6) is 0.0601. The summed E-state index contributed by atoms with van der Waals surface area (Å²) in [5.41, 5.74) is 0.721. The molecule has 1 amide bonds. The Kier molecular flexibility index (Phi) is 6.01. The van der Waals surface area contributed by atoms with Crippen LogP contribution < -0.4 is 10.6 Å². The first-order chi connectivity index (χ1) is 9.40. The van der Waals surface area contributed by atoms with E-state index in [0.29, 0.717) is 17.9 Å². The summed E-state index contributed by atoms with van der Waals surface area (Å²) in [7, 11) is -3.19. The van der Waals surface area contributed by atoms with Crippen LogP contribution in [-0.4, -0.2) is 32.7 Å². The predicted molar refractivity (Wildman–Crippen MR) is 80.6 cm³/mol. The number of benzene rings is 1. The summed E-state index contributed by atoms with van der Waals surface area (Å²) in [6.45, 7) is 6.03. The number of likely N-dealkylation sites (N-methyl/N-ethyl adjacent to an activating group) is 1. The molecule has 5 nitrogen and oxygen atoms in total. The van der Waals surface area contributed by atoms with Gasteiger partial charge in [-0.15, -0.1) is 0 Å². The van der Waals surface area contributed by atoms with E-state index in [1.807, 2.05) is 13.8 Å². The number of carbonyl (C=O) groups excluding carboxylic acids is 1. The molecule has 0 saturated heterocycles. The highest BCUT2D eigenvalue weighted by molar-refractivity contribution is 7.91. The third kappa shape index (κ3) is 4.52. The fourth-order valence-electron chi connectivity index (χ4n) is 1.79. The zero-order valence-electron chi connectivity index (χ0n) is 12.1.